The summed E-state index contributed by atoms with van der Waals surface area (Å²) >= 11 is 6.64. The molecule has 66 valence electrons. The predicted octanol–water partition coefficient (Wildman–Crippen LogP) is 2.92. The van der Waals surface area contributed by atoms with Gasteiger partial charge in [-0.25, -0.2) is 0 Å². The van der Waals surface area contributed by atoms with Crippen molar-refractivity contribution in [3.8, 4) is 0 Å². The molecule has 0 bridgehead atoms. The first-order valence-corrected chi connectivity index (χ1v) is 4.49. The molecule has 0 amide bonds. The third kappa shape index (κ3) is 2.77. The number of nitrogens with one attached hydrogen (secondary N) is 1. The average molecular weight is 314 g/mol. The molecule has 0 saturated carbocycles. The van der Waals surface area contributed by atoms with E-state index in [-0.39, 0.29) is 18.2 Å². The topological polar surface area (TPSA) is 49.9 Å². The van der Waals surface area contributed by atoms with Gasteiger partial charge in [-0.15, -0.1) is 12.4 Å². The number of nitrogens with two attached hydrogens (primary N) is 1. The summed E-state index contributed by atoms with van der Waals surface area (Å²) in [5.41, 5.74) is 6.00. The van der Waals surface area contributed by atoms with Crippen molar-refractivity contribution >= 4 is 50.1 Å². The van der Waals surface area contributed by atoms with E-state index in [0.29, 0.717) is 0 Å². The molecule has 12 heavy (non-hydrogen) atoms. The number of hydrogen-bond donors (Lipinski definition) is 2. The number of hydrogen-bond acceptors (Lipinski definition) is 1. The largest absolute Gasteiger partial charge is 0.384 e. The van der Waals surface area contributed by atoms with Crippen molar-refractivity contribution in [2.75, 3.05) is 0 Å². The highest BCUT2D eigenvalue weighted by Crippen LogP contribution is 2.23. The van der Waals surface area contributed by atoms with Crippen LogP contribution in [0.5, 0.6) is 0 Å². The fourth-order valence-electron chi connectivity index (χ4n) is 0.664. The van der Waals surface area contributed by atoms with Crippen LogP contribution in [0.4, 0.5) is 0 Å². The first kappa shape index (κ1) is 11.9. The Morgan fingerprint density at radius 1 is 1.25 bits per heavy atom. The minimum atomic E-state index is 0. The van der Waals surface area contributed by atoms with Crippen LogP contribution >= 0.6 is 44.3 Å². The minimum absolute atomic E-state index is 0. The van der Waals surface area contributed by atoms with Gasteiger partial charge in [0, 0.05) is 14.5 Å². The fraction of sp³-hybridized carbons (Fsp3) is 0. The molecular weight excluding hydrogens is 307 g/mol. The van der Waals surface area contributed by atoms with Crippen LogP contribution in [0, 0.1) is 5.41 Å². The maximum Gasteiger partial charge on any atom is 0.122 e. The van der Waals surface area contributed by atoms with E-state index in [9.17, 15) is 0 Å². The van der Waals surface area contributed by atoms with Crippen molar-refractivity contribution in [2.24, 2.45) is 5.73 Å². The second-order valence-electron chi connectivity index (χ2n) is 2.04. The lowest BCUT2D eigenvalue weighted by Gasteiger charge is -1.99. The molecule has 0 aliphatic heterocycles. The smallest absolute Gasteiger partial charge is 0.122 e. The zero-order valence-corrected chi connectivity index (χ0v) is 9.96. The van der Waals surface area contributed by atoms with Crippen LogP contribution in [-0.2, 0) is 0 Å². The molecule has 0 radical (unpaired) electrons. The van der Waals surface area contributed by atoms with Crippen LogP contribution in [0.2, 0.25) is 0 Å². The summed E-state index contributed by atoms with van der Waals surface area (Å²) in [6, 6.07) is 5.43. The van der Waals surface area contributed by atoms with E-state index < -0.39 is 0 Å². The fourth-order valence-corrected chi connectivity index (χ4v) is 1.29. The van der Waals surface area contributed by atoms with E-state index in [2.05, 4.69) is 31.9 Å². The van der Waals surface area contributed by atoms with E-state index in [1.807, 2.05) is 6.07 Å². The van der Waals surface area contributed by atoms with Crippen LogP contribution in [0.1, 0.15) is 5.56 Å². The Labute approximate surface area is 93.7 Å². The van der Waals surface area contributed by atoms with E-state index in [4.69, 9.17) is 11.1 Å². The van der Waals surface area contributed by atoms with Gasteiger partial charge in [0.25, 0.3) is 0 Å². The Bertz CT molecular complexity index is 301. The molecule has 0 fully saturated rings. The monoisotopic (exact) mass is 312 g/mol. The molecule has 0 spiro atoms. The molecule has 1 aromatic carbocycles. The van der Waals surface area contributed by atoms with Gasteiger partial charge in [-0.2, -0.15) is 0 Å². The van der Waals surface area contributed by atoms with Gasteiger partial charge in [0.2, 0.25) is 0 Å². The van der Waals surface area contributed by atoms with Crippen molar-refractivity contribution in [1.82, 2.24) is 0 Å². The van der Waals surface area contributed by atoms with Crippen molar-refractivity contribution < 1.29 is 0 Å². The molecule has 5 heteroatoms. The Kier molecular flexibility index (Phi) is 4.82. The zero-order chi connectivity index (χ0) is 8.43. The Morgan fingerprint density at radius 3 is 2.25 bits per heavy atom. The molecule has 1 rings (SSSR count). The van der Waals surface area contributed by atoms with Crippen LogP contribution in [0.3, 0.4) is 0 Å². The highest BCUT2D eigenvalue weighted by atomic mass is 79.9. The molecule has 1 aromatic rings. The van der Waals surface area contributed by atoms with Crippen LogP contribution < -0.4 is 5.73 Å². The molecule has 0 aliphatic rings. The molecule has 0 heterocycles. The first-order chi connectivity index (χ1) is 5.11. The number of rotatable bonds is 1. The third-order valence-corrected chi connectivity index (χ3v) is 3.11. The predicted molar refractivity (Wildman–Crippen MR) is 60.1 cm³/mol. The summed E-state index contributed by atoms with van der Waals surface area (Å²) in [7, 11) is 0. The second-order valence-corrected chi connectivity index (χ2v) is 3.75. The lowest BCUT2D eigenvalue weighted by atomic mass is 10.2. The molecular formula is C7H7Br2ClN2. The maximum absolute atomic E-state index is 7.14. The highest BCUT2D eigenvalue weighted by molar-refractivity contribution is 9.13. The molecule has 0 aromatic heterocycles. The lowest BCUT2D eigenvalue weighted by Crippen LogP contribution is -2.10. The summed E-state index contributed by atoms with van der Waals surface area (Å²) in [6.45, 7) is 0. The minimum Gasteiger partial charge on any atom is -0.384 e. The van der Waals surface area contributed by atoms with E-state index >= 15 is 0 Å². The molecule has 0 saturated heterocycles. The molecule has 0 aliphatic carbocycles. The van der Waals surface area contributed by atoms with Gasteiger partial charge in [-0.1, -0.05) is 6.07 Å². The van der Waals surface area contributed by atoms with E-state index in [0.717, 1.165) is 14.5 Å². The Morgan fingerprint density at radius 2 is 1.83 bits per heavy atom. The average Bonchev–Trinajstić information content (AvgIpc) is 1.94. The van der Waals surface area contributed by atoms with Crippen molar-refractivity contribution in [1.29, 1.82) is 5.41 Å². The molecule has 3 N–H and O–H groups in total. The van der Waals surface area contributed by atoms with Crippen molar-refractivity contribution in [3.05, 3.63) is 32.7 Å². The standard InChI is InChI=1S/C7H6Br2N2.ClH/c8-5-2-1-4(7(10)11)3-6(5)9;/h1-3H,(H3,10,11);1H. The summed E-state index contributed by atoms with van der Waals surface area (Å²) in [4.78, 5) is 0. The normalized spacial score (nSPS) is 8.83. The maximum atomic E-state index is 7.14. The number of halogens is 3. The number of nitrogen functional groups attached to an aromatic ring is 1. The van der Waals surface area contributed by atoms with Gasteiger partial charge in [0.1, 0.15) is 5.84 Å². The second kappa shape index (κ2) is 4.84. The summed E-state index contributed by atoms with van der Waals surface area (Å²) in [5, 5.41) is 7.14. The number of benzene rings is 1. The van der Waals surface area contributed by atoms with Gasteiger partial charge in [0.15, 0.2) is 0 Å². The van der Waals surface area contributed by atoms with E-state index in [1.54, 1.807) is 12.1 Å². The molecule has 2 nitrogen and oxygen atoms in total. The molecule has 0 atom stereocenters. The van der Waals surface area contributed by atoms with Gasteiger partial charge >= 0.3 is 0 Å². The van der Waals surface area contributed by atoms with Crippen molar-refractivity contribution in [2.45, 2.75) is 0 Å². The Hall–Kier alpha value is -0.0600. The first-order valence-electron chi connectivity index (χ1n) is 2.90. The Balaban J connectivity index is 0.00000121. The summed E-state index contributed by atoms with van der Waals surface area (Å²) in [5.74, 6) is 0.0817. The highest BCUT2D eigenvalue weighted by Gasteiger charge is 1.99. The third-order valence-electron chi connectivity index (χ3n) is 1.23. The van der Waals surface area contributed by atoms with E-state index in [1.165, 1.54) is 0 Å². The summed E-state index contributed by atoms with van der Waals surface area (Å²) in [6.07, 6.45) is 0. The quantitative estimate of drug-likeness (QED) is 0.608. The SMILES string of the molecule is Cl.N=C(N)c1ccc(Br)c(Br)c1. The van der Waals surface area contributed by atoms with Gasteiger partial charge in [-0.05, 0) is 44.0 Å². The van der Waals surface area contributed by atoms with Crippen LogP contribution in [-0.4, -0.2) is 5.84 Å². The van der Waals surface area contributed by atoms with Crippen LogP contribution in [0.25, 0.3) is 0 Å². The lowest BCUT2D eigenvalue weighted by molar-refractivity contribution is 1.41. The number of amidine groups is 1. The van der Waals surface area contributed by atoms with Gasteiger partial charge in [0.05, 0.1) is 0 Å². The molecule has 0 unspecified atom stereocenters. The van der Waals surface area contributed by atoms with Crippen LogP contribution in [0.15, 0.2) is 27.1 Å². The summed E-state index contributed by atoms with van der Waals surface area (Å²) < 4.78 is 1.87. The van der Waals surface area contributed by atoms with Gasteiger partial charge < -0.3 is 5.73 Å². The zero-order valence-electron chi connectivity index (χ0n) is 5.97. The van der Waals surface area contributed by atoms with Crippen molar-refractivity contribution in [3.63, 3.8) is 0 Å². The van der Waals surface area contributed by atoms with Gasteiger partial charge in [-0.3, -0.25) is 5.41 Å².